The molecule has 1 aromatic carbocycles. The maximum absolute atomic E-state index is 13.3. The molecule has 2 aliphatic rings. The number of rotatable bonds is 7. The van der Waals surface area contributed by atoms with Crippen LogP contribution in [-0.2, 0) is 26.3 Å². The molecule has 1 amide bonds. The van der Waals surface area contributed by atoms with E-state index >= 15 is 0 Å². The molecule has 3 heterocycles. The van der Waals surface area contributed by atoms with Gasteiger partial charge in [-0.15, -0.1) is 0 Å². The molecule has 5 rings (SSSR count). The van der Waals surface area contributed by atoms with Gasteiger partial charge in [-0.1, -0.05) is 19.1 Å². The predicted octanol–water partition coefficient (Wildman–Crippen LogP) is 4.28. The van der Waals surface area contributed by atoms with Gasteiger partial charge in [-0.05, 0) is 64.3 Å². The SMILES string of the molecule is CCC(NC(=O)[C@@H]1CC2c3cccc4c3c(cn4C(C)(C)C)C[C@H]2N(C)C1)c1ncc[nH]1.O=C(O)CCC(=O)O. The lowest BCUT2D eigenvalue weighted by Gasteiger charge is -2.45. The molecule has 0 bridgehead atoms. The minimum Gasteiger partial charge on any atom is -0.481 e. The van der Waals surface area contributed by atoms with Crippen molar-refractivity contribution in [2.24, 2.45) is 5.92 Å². The number of imidazole rings is 1. The second-order valence-corrected chi connectivity index (χ2v) is 11.9. The summed E-state index contributed by atoms with van der Waals surface area (Å²) in [5.74, 6) is -0.825. The van der Waals surface area contributed by atoms with Crippen LogP contribution in [0.4, 0.5) is 0 Å². The number of hydrogen-bond donors (Lipinski definition) is 4. The molecule has 0 radical (unpaired) electrons. The maximum Gasteiger partial charge on any atom is 0.303 e. The van der Waals surface area contributed by atoms with Gasteiger partial charge >= 0.3 is 11.9 Å². The van der Waals surface area contributed by atoms with Gasteiger partial charge in [-0.2, -0.15) is 0 Å². The second kappa shape index (κ2) is 11.8. The Bertz CT molecular complexity index is 1340. The van der Waals surface area contributed by atoms with Crippen molar-refractivity contribution in [3.05, 3.63) is 53.7 Å². The highest BCUT2D eigenvalue weighted by molar-refractivity contribution is 5.89. The van der Waals surface area contributed by atoms with E-state index in [0.717, 1.165) is 31.6 Å². The van der Waals surface area contributed by atoms with Crippen molar-refractivity contribution < 1.29 is 24.6 Å². The normalized spacial score (nSPS) is 21.2. The van der Waals surface area contributed by atoms with Crippen LogP contribution >= 0.6 is 0 Å². The van der Waals surface area contributed by atoms with Crippen molar-refractivity contribution in [1.29, 1.82) is 0 Å². The standard InChI is InChI=1S/C26H35N5O.C4H6O4/c1-6-20(24-27-10-11-28-24)29-25(32)17-12-19-18-8-7-9-21-23(18)16(13-22(19)30(5)14-17)15-31(21)26(2,3)4;5-3(6)1-2-4(7)8/h7-11,15,17,19-20,22H,6,12-14H2,1-5H3,(H,27,28)(H,29,32);1-2H2,(H,5,6)(H,7,8)/t17-,19?,20?,22-;/m1./s1. The van der Waals surface area contributed by atoms with Gasteiger partial charge in [-0.25, -0.2) is 4.98 Å². The number of nitrogens with one attached hydrogen (secondary N) is 2. The van der Waals surface area contributed by atoms with Crippen LogP contribution in [0, 0.1) is 5.92 Å². The Morgan fingerprint density at radius 1 is 1.18 bits per heavy atom. The summed E-state index contributed by atoms with van der Waals surface area (Å²) in [7, 11) is 2.19. The molecule has 4 N–H and O–H groups in total. The van der Waals surface area contributed by atoms with E-state index in [2.05, 4.69) is 83.9 Å². The Morgan fingerprint density at radius 3 is 2.45 bits per heavy atom. The summed E-state index contributed by atoms with van der Waals surface area (Å²) in [6, 6.07) is 7.11. The zero-order valence-corrected chi connectivity index (χ0v) is 24.0. The number of fused-ring (bicyclic) bond motifs is 2. The number of carboxylic acids is 2. The molecule has 40 heavy (non-hydrogen) atoms. The number of benzene rings is 1. The fourth-order valence-electron chi connectivity index (χ4n) is 6.13. The van der Waals surface area contributed by atoms with Gasteiger partial charge in [0.2, 0.25) is 5.91 Å². The number of carboxylic acid groups (broad SMARTS) is 2. The van der Waals surface area contributed by atoms with Crippen molar-refractivity contribution in [3.8, 4) is 0 Å². The summed E-state index contributed by atoms with van der Waals surface area (Å²) in [6.45, 7) is 9.68. The van der Waals surface area contributed by atoms with Crippen molar-refractivity contribution in [3.63, 3.8) is 0 Å². The Labute approximate surface area is 234 Å². The van der Waals surface area contributed by atoms with Gasteiger partial charge in [-0.3, -0.25) is 14.4 Å². The molecular formula is C30H41N5O5. The van der Waals surface area contributed by atoms with Crippen LogP contribution < -0.4 is 5.32 Å². The van der Waals surface area contributed by atoms with E-state index < -0.39 is 11.9 Å². The quantitative estimate of drug-likeness (QED) is 0.343. The molecule has 1 aliphatic heterocycles. The minimum atomic E-state index is -1.08. The zero-order chi connectivity index (χ0) is 29.2. The highest BCUT2D eigenvalue weighted by atomic mass is 16.4. The number of likely N-dealkylation sites (tertiary alicyclic amines) is 1. The first-order chi connectivity index (χ1) is 18.9. The van der Waals surface area contributed by atoms with E-state index in [0.29, 0.717) is 12.0 Å². The number of hydrogen-bond acceptors (Lipinski definition) is 5. The summed E-state index contributed by atoms with van der Waals surface area (Å²) in [5.41, 5.74) is 4.23. The Hall–Kier alpha value is -3.66. The third kappa shape index (κ3) is 6.22. The van der Waals surface area contributed by atoms with Crippen LogP contribution in [-0.4, -0.2) is 67.1 Å². The first-order valence-electron chi connectivity index (χ1n) is 14.0. The molecular weight excluding hydrogens is 510 g/mol. The number of piperidine rings is 1. The third-order valence-electron chi connectivity index (χ3n) is 8.07. The number of aliphatic carboxylic acids is 2. The van der Waals surface area contributed by atoms with E-state index in [4.69, 9.17) is 10.2 Å². The molecule has 1 saturated heterocycles. The van der Waals surface area contributed by atoms with Gasteiger partial charge in [0.25, 0.3) is 0 Å². The largest absolute Gasteiger partial charge is 0.481 e. The molecule has 216 valence electrons. The first-order valence-corrected chi connectivity index (χ1v) is 14.0. The Balaban J connectivity index is 0.000000406. The van der Waals surface area contributed by atoms with Crippen molar-refractivity contribution in [1.82, 2.24) is 24.8 Å². The average Bonchev–Trinajstić information content (AvgIpc) is 3.56. The van der Waals surface area contributed by atoms with E-state index in [1.54, 1.807) is 6.20 Å². The molecule has 1 aliphatic carbocycles. The lowest BCUT2D eigenvalue weighted by molar-refractivity contribution is -0.143. The lowest BCUT2D eigenvalue weighted by Crippen LogP contribution is -2.51. The maximum atomic E-state index is 13.3. The summed E-state index contributed by atoms with van der Waals surface area (Å²) in [4.78, 5) is 42.5. The van der Waals surface area contributed by atoms with E-state index in [1.165, 1.54) is 22.0 Å². The van der Waals surface area contributed by atoms with Crippen LogP contribution in [0.5, 0.6) is 0 Å². The van der Waals surface area contributed by atoms with Crippen molar-refractivity contribution in [2.75, 3.05) is 13.6 Å². The van der Waals surface area contributed by atoms with Gasteiger partial charge in [0.15, 0.2) is 0 Å². The molecule has 0 saturated carbocycles. The molecule has 10 nitrogen and oxygen atoms in total. The number of likely N-dealkylation sites (N-methyl/N-ethyl adjacent to an activating group) is 1. The number of carbonyl (C=O) groups is 3. The van der Waals surface area contributed by atoms with Crippen LogP contribution in [0.15, 0.2) is 36.8 Å². The molecule has 10 heteroatoms. The summed E-state index contributed by atoms with van der Waals surface area (Å²) >= 11 is 0. The molecule has 4 atom stereocenters. The number of aromatic nitrogens is 3. The second-order valence-electron chi connectivity index (χ2n) is 11.9. The van der Waals surface area contributed by atoms with Crippen LogP contribution in [0.25, 0.3) is 10.9 Å². The molecule has 3 aromatic rings. The minimum absolute atomic E-state index is 0.0215. The molecule has 0 spiro atoms. The number of aromatic amines is 1. The van der Waals surface area contributed by atoms with Gasteiger partial charge < -0.3 is 30.0 Å². The topological polar surface area (TPSA) is 141 Å². The smallest absolute Gasteiger partial charge is 0.303 e. The predicted molar refractivity (Wildman–Crippen MR) is 152 cm³/mol. The fraction of sp³-hybridized carbons (Fsp3) is 0.533. The molecule has 1 fully saturated rings. The fourth-order valence-corrected chi connectivity index (χ4v) is 6.13. The highest BCUT2D eigenvalue weighted by Gasteiger charge is 2.42. The monoisotopic (exact) mass is 551 g/mol. The highest BCUT2D eigenvalue weighted by Crippen LogP contribution is 2.45. The average molecular weight is 552 g/mol. The first kappa shape index (κ1) is 29.3. The van der Waals surface area contributed by atoms with E-state index in [9.17, 15) is 14.4 Å². The summed E-state index contributed by atoms with van der Waals surface area (Å²) in [6.07, 6.45) is 8.10. The van der Waals surface area contributed by atoms with E-state index in [1.807, 2.05) is 6.20 Å². The molecule has 2 unspecified atom stereocenters. The summed E-state index contributed by atoms with van der Waals surface area (Å²) < 4.78 is 2.43. The van der Waals surface area contributed by atoms with Crippen LogP contribution in [0.1, 0.15) is 82.3 Å². The van der Waals surface area contributed by atoms with Crippen LogP contribution in [0.2, 0.25) is 0 Å². The van der Waals surface area contributed by atoms with E-state index in [-0.39, 0.29) is 36.2 Å². The number of nitrogens with zero attached hydrogens (tertiary/aromatic N) is 3. The Kier molecular flexibility index (Phi) is 8.68. The van der Waals surface area contributed by atoms with Crippen molar-refractivity contribution in [2.45, 2.75) is 83.3 Å². The third-order valence-corrected chi connectivity index (χ3v) is 8.07. The number of H-pyrrole nitrogens is 1. The molecule has 2 aromatic heterocycles. The number of amides is 1. The van der Waals surface area contributed by atoms with Gasteiger partial charge in [0, 0.05) is 53.5 Å². The van der Waals surface area contributed by atoms with Crippen LogP contribution in [0.3, 0.4) is 0 Å². The zero-order valence-electron chi connectivity index (χ0n) is 24.0. The number of carbonyl (C=O) groups excluding carboxylic acids is 1. The van der Waals surface area contributed by atoms with Crippen molar-refractivity contribution >= 4 is 28.7 Å². The Morgan fingerprint density at radius 2 is 1.88 bits per heavy atom. The summed E-state index contributed by atoms with van der Waals surface area (Å²) in [5, 5.41) is 20.5. The van der Waals surface area contributed by atoms with Gasteiger partial charge in [0.1, 0.15) is 5.82 Å². The lowest BCUT2D eigenvalue weighted by atomic mass is 9.72. The van der Waals surface area contributed by atoms with Gasteiger partial charge in [0.05, 0.1) is 24.8 Å².